The van der Waals surface area contributed by atoms with E-state index >= 15 is 0 Å². The van der Waals surface area contributed by atoms with Gasteiger partial charge < -0.3 is 10.2 Å². The molecule has 0 spiro atoms. The number of rotatable bonds is 9. The van der Waals surface area contributed by atoms with Crippen molar-refractivity contribution in [2.75, 3.05) is 6.54 Å². The van der Waals surface area contributed by atoms with E-state index in [0.29, 0.717) is 18.1 Å². The molecule has 2 amide bonds. The minimum absolute atomic E-state index is 0.0607. The van der Waals surface area contributed by atoms with E-state index in [1.807, 2.05) is 56.3 Å². The van der Waals surface area contributed by atoms with Gasteiger partial charge in [-0.2, -0.15) is 0 Å². The number of amides is 2. The Morgan fingerprint density at radius 2 is 1.68 bits per heavy atom. The molecule has 0 aromatic heterocycles. The predicted octanol–water partition coefficient (Wildman–Crippen LogP) is 4.98. The second kappa shape index (κ2) is 10.9. The fourth-order valence-corrected chi connectivity index (χ4v) is 3.13. The summed E-state index contributed by atoms with van der Waals surface area (Å²) in [5.74, 6) is -0.431. The lowest BCUT2D eigenvalue weighted by Gasteiger charge is -2.33. The van der Waals surface area contributed by atoms with Gasteiger partial charge in [0.15, 0.2) is 0 Å². The van der Waals surface area contributed by atoms with Gasteiger partial charge in [-0.3, -0.25) is 9.59 Å². The highest BCUT2D eigenvalue weighted by atomic mass is 35.5. The highest BCUT2D eigenvalue weighted by Gasteiger charge is 2.32. The number of nitrogens with one attached hydrogen (secondary N) is 1. The van der Waals surface area contributed by atoms with Crippen LogP contribution in [-0.4, -0.2) is 23.3 Å². The van der Waals surface area contributed by atoms with E-state index in [-0.39, 0.29) is 17.7 Å². The first-order valence-electron chi connectivity index (χ1n) is 9.81. The lowest BCUT2D eigenvalue weighted by atomic mass is 10.0. The number of nitrogens with zero attached hydrogens (tertiary/aromatic N) is 1. The fraction of sp³-hybridized carbons (Fsp3) is 0.391. The molecule has 0 aliphatic carbocycles. The first kappa shape index (κ1) is 22.0. The van der Waals surface area contributed by atoms with Crippen LogP contribution in [0, 0.1) is 5.92 Å². The zero-order valence-corrected chi connectivity index (χ0v) is 17.6. The second-order valence-corrected chi connectivity index (χ2v) is 7.64. The predicted molar refractivity (Wildman–Crippen MR) is 114 cm³/mol. The Hall–Kier alpha value is -2.33. The summed E-state index contributed by atoms with van der Waals surface area (Å²) >= 11 is 6.00. The number of unbranched alkanes of at least 4 members (excludes halogenated alkanes) is 1. The zero-order chi connectivity index (χ0) is 20.5. The molecule has 2 rings (SSSR count). The molecule has 0 bridgehead atoms. The third-order valence-electron chi connectivity index (χ3n) is 4.55. The van der Waals surface area contributed by atoms with Crippen molar-refractivity contribution in [3.8, 4) is 0 Å². The molecule has 0 unspecified atom stereocenters. The van der Waals surface area contributed by atoms with Crippen LogP contribution in [0.2, 0.25) is 5.02 Å². The van der Waals surface area contributed by atoms with Crippen LogP contribution in [0.15, 0.2) is 54.6 Å². The molecule has 0 saturated heterocycles. The Labute approximate surface area is 172 Å². The van der Waals surface area contributed by atoms with Gasteiger partial charge in [0.2, 0.25) is 11.8 Å². The third-order valence-corrected chi connectivity index (χ3v) is 4.80. The fourth-order valence-electron chi connectivity index (χ4n) is 3.01. The molecule has 28 heavy (non-hydrogen) atoms. The number of halogens is 1. The monoisotopic (exact) mass is 400 g/mol. The van der Waals surface area contributed by atoms with Crippen LogP contribution in [-0.2, 0) is 16.1 Å². The summed E-state index contributed by atoms with van der Waals surface area (Å²) in [6, 6.07) is 16.2. The van der Waals surface area contributed by atoms with Crippen LogP contribution in [0.1, 0.15) is 50.8 Å². The van der Waals surface area contributed by atoms with E-state index < -0.39 is 6.04 Å². The minimum atomic E-state index is -0.677. The lowest BCUT2D eigenvalue weighted by Crippen LogP contribution is -2.45. The maximum Gasteiger partial charge on any atom is 0.247 e. The average molecular weight is 401 g/mol. The van der Waals surface area contributed by atoms with Crippen LogP contribution in [0.5, 0.6) is 0 Å². The Morgan fingerprint density at radius 1 is 1.04 bits per heavy atom. The summed E-state index contributed by atoms with van der Waals surface area (Å²) in [6.45, 7) is 6.73. The van der Waals surface area contributed by atoms with Crippen molar-refractivity contribution in [1.29, 1.82) is 0 Å². The number of carbonyl (C=O) groups is 2. The van der Waals surface area contributed by atoms with Crippen molar-refractivity contribution in [3.05, 3.63) is 70.7 Å². The molecule has 1 N–H and O–H groups in total. The Morgan fingerprint density at radius 3 is 2.25 bits per heavy atom. The SMILES string of the molecule is CCCCNC(=O)[C@@H](c1ccccc1)N(Cc1ccc(Cl)cc1)C(=O)C(C)C. The molecule has 0 saturated carbocycles. The minimum Gasteiger partial charge on any atom is -0.354 e. The Kier molecular flexibility index (Phi) is 8.52. The quantitative estimate of drug-likeness (QED) is 0.603. The molecule has 0 aliphatic rings. The van der Waals surface area contributed by atoms with Gasteiger partial charge >= 0.3 is 0 Å². The van der Waals surface area contributed by atoms with Crippen LogP contribution in [0.4, 0.5) is 0 Å². The van der Waals surface area contributed by atoms with Crippen LogP contribution >= 0.6 is 11.6 Å². The van der Waals surface area contributed by atoms with Gasteiger partial charge in [0.1, 0.15) is 6.04 Å². The molecule has 0 fully saturated rings. The Balaban J connectivity index is 2.39. The van der Waals surface area contributed by atoms with E-state index in [1.54, 1.807) is 17.0 Å². The summed E-state index contributed by atoms with van der Waals surface area (Å²) in [6.07, 6.45) is 1.90. The molecule has 1 atom stereocenters. The summed E-state index contributed by atoms with van der Waals surface area (Å²) in [4.78, 5) is 27.9. The van der Waals surface area contributed by atoms with Crippen molar-refractivity contribution < 1.29 is 9.59 Å². The van der Waals surface area contributed by atoms with Crippen LogP contribution in [0.25, 0.3) is 0 Å². The van der Waals surface area contributed by atoms with E-state index in [1.165, 1.54) is 0 Å². The number of hydrogen-bond acceptors (Lipinski definition) is 2. The maximum absolute atomic E-state index is 13.1. The highest BCUT2D eigenvalue weighted by Crippen LogP contribution is 2.26. The van der Waals surface area contributed by atoms with Crippen molar-refractivity contribution in [1.82, 2.24) is 10.2 Å². The van der Waals surface area contributed by atoms with Gasteiger partial charge in [0.25, 0.3) is 0 Å². The van der Waals surface area contributed by atoms with Gasteiger partial charge in [0, 0.05) is 24.0 Å². The van der Waals surface area contributed by atoms with Gasteiger partial charge in [-0.25, -0.2) is 0 Å². The van der Waals surface area contributed by atoms with Gasteiger partial charge in [0.05, 0.1) is 0 Å². The molecular formula is C23H29ClN2O2. The topological polar surface area (TPSA) is 49.4 Å². The van der Waals surface area contributed by atoms with E-state index in [9.17, 15) is 9.59 Å². The molecule has 4 nitrogen and oxygen atoms in total. The first-order chi connectivity index (χ1) is 13.4. The molecule has 2 aromatic carbocycles. The summed E-state index contributed by atoms with van der Waals surface area (Å²) in [7, 11) is 0. The molecule has 0 heterocycles. The third kappa shape index (κ3) is 6.10. The number of hydrogen-bond donors (Lipinski definition) is 1. The molecule has 0 radical (unpaired) electrons. The molecule has 0 aliphatic heterocycles. The average Bonchev–Trinajstić information content (AvgIpc) is 2.69. The first-order valence-corrected chi connectivity index (χ1v) is 10.2. The standard InChI is InChI=1S/C23H29ClN2O2/c1-4-5-15-25-22(27)21(19-9-7-6-8-10-19)26(23(28)17(2)3)16-18-11-13-20(24)14-12-18/h6-14,17,21H,4-5,15-16H2,1-3H3,(H,25,27)/t21-/m1/s1. The van der Waals surface area contributed by atoms with E-state index in [4.69, 9.17) is 11.6 Å². The molecular weight excluding hydrogens is 372 g/mol. The molecule has 5 heteroatoms. The smallest absolute Gasteiger partial charge is 0.247 e. The van der Waals surface area contributed by atoms with Crippen molar-refractivity contribution in [2.24, 2.45) is 5.92 Å². The molecule has 2 aromatic rings. The van der Waals surface area contributed by atoms with Crippen molar-refractivity contribution >= 4 is 23.4 Å². The summed E-state index contributed by atoms with van der Waals surface area (Å²) in [5, 5.41) is 3.64. The number of carbonyl (C=O) groups excluding carboxylic acids is 2. The van der Waals surface area contributed by atoms with Crippen LogP contribution in [0.3, 0.4) is 0 Å². The maximum atomic E-state index is 13.1. The highest BCUT2D eigenvalue weighted by molar-refractivity contribution is 6.30. The molecule has 150 valence electrons. The van der Waals surface area contributed by atoms with Gasteiger partial charge in [-0.1, -0.05) is 81.3 Å². The van der Waals surface area contributed by atoms with Gasteiger partial charge in [-0.15, -0.1) is 0 Å². The van der Waals surface area contributed by atoms with Crippen molar-refractivity contribution in [3.63, 3.8) is 0 Å². The van der Waals surface area contributed by atoms with Crippen molar-refractivity contribution in [2.45, 2.75) is 46.2 Å². The normalized spacial score (nSPS) is 11.9. The lowest BCUT2D eigenvalue weighted by molar-refractivity contribution is -0.144. The number of benzene rings is 2. The zero-order valence-electron chi connectivity index (χ0n) is 16.8. The summed E-state index contributed by atoms with van der Waals surface area (Å²) in [5.41, 5.74) is 1.74. The van der Waals surface area contributed by atoms with Gasteiger partial charge in [-0.05, 0) is 29.7 Å². The Bertz CT molecular complexity index is 760. The second-order valence-electron chi connectivity index (χ2n) is 7.21. The largest absolute Gasteiger partial charge is 0.354 e. The van der Waals surface area contributed by atoms with E-state index in [0.717, 1.165) is 24.0 Å². The van der Waals surface area contributed by atoms with E-state index in [2.05, 4.69) is 12.2 Å². The summed E-state index contributed by atoms with van der Waals surface area (Å²) < 4.78 is 0. The van der Waals surface area contributed by atoms with Crippen LogP contribution < -0.4 is 5.32 Å².